The van der Waals surface area contributed by atoms with Crippen LogP contribution < -0.4 is 31.9 Å². The average Bonchev–Trinajstić information content (AvgIpc) is 1.76. The molecule has 3 saturated heterocycles. The van der Waals surface area contributed by atoms with E-state index in [-0.39, 0.29) is 72.9 Å². The fraction of sp³-hybridized carbons (Fsp3) is 0.616. The summed E-state index contributed by atoms with van der Waals surface area (Å²) in [5, 5.41) is 47.0. The van der Waals surface area contributed by atoms with Crippen LogP contribution in [0.3, 0.4) is 0 Å². The van der Waals surface area contributed by atoms with E-state index in [1.807, 2.05) is 42.6 Å². The number of ether oxygens (including phenoxy) is 1. The van der Waals surface area contributed by atoms with Gasteiger partial charge in [-0.25, -0.2) is 4.98 Å². The largest absolute Gasteiger partial charge is 0.466 e. The van der Waals surface area contributed by atoms with Gasteiger partial charge in [0.25, 0.3) is 0 Å². The van der Waals surface area contributed by atoms with E-state index in [4.69, 9.17) is 4.74 Å². The fourth-order valence-corrected chi connectivity index (χ4v) is 16.4. The summed E-state index contributed by atoms with van der Waals surface area (Å²) in [5.41, 5.74) is 4.53. The van der Waals surface area contributed by atoms with E-state index in [1.54, 1.807) is 29.1 Å². The van der Waals surface area contributed by atoms with Crippen LogP contribution in [0.1, 0.15) is 144 Å². The van der Waals surface area contributed by atoms with Gasteiger partial charge in [-0.15, -0.1) is 11.3 Å². The molecule has 13 rings (SSSR count). The number of halogens is 3. The van der Waals surface area contributed by atoms with Crippen LogP contribution in [0.5, 0.6) is 0 Å². The Labute approximate surface area is 583 Å². The number of aromatic nitrogens is 7. The zero-order valence-corrected chi connectivity index (χ0v) is 60.1. The Kier molecular flexibility index (Phi) is 23.3. The van der Waals surface area contributed by atoms with Crippen LogP contribution in [0.4, 0.5) is 30.6 Å². The molecule has 22 nitrogen and oxygen atoms in total. The third-order valence-electron chi connectivity index (χ3n) is 21.6. The van der Waals surface area contributed by atoms with Gasteiger partial charge in [-0.3, -0.25) is 47.9 Å². The minimum Gasteiger partial charge on any atom is -0.466 e. The van der Waals surface area contributed by atoms with Crippen molar-refractivity contribution in [3.8, 4) is 0 Å². The van der Waals surface area contributed by atoms with Gasteiger partial charge >= 0.3 is 12.1 Å². The van der Waals surface area contributed by atoms with E-state index in [9.17, 15) is 37.5 Å². The van der Waals surface area contributed by atoms with Crippen molar-refractivity contribution in [3.63, 3.8) is 0 Å². The van der Waals surface area contributed by atoms with Crippen molar-refractivity contribution >= 4 is 85.2 Å². The molecular weight excluding hydrogens is 1290 g/mol. The Morgan fingerprint density at radius 2 is 1.00 bits per heavy atom. The van der Waals surface area contributed by atoms with Crippen LogP contribution in [0.15, 0.2) is 60.8 Å². The Hall–Kier alpha value is -7.39. The number of anilines is 3. The zero-order valence-electron chi connectivity index (χ0n) is 59.3. The summed E-state index contributed by atoms with van der Waals surface area (Å²) < 4.78 is 50.1. The molecule has 1 unspecified atom stereocenters. The highest BCUT2D eigenvalue weighted by molar-refractivity contribution is 7.11. The third-order valence-corrected chi connectivity index (χ3v) is 22.9. The number of carbonyl (C=O) groups is 4. The van der Waals surface area contributed by atoms with Gasteiger partial charge in [0.15, 0.2) is 17.5 Å². The van der Waals surface area contributed by atoms with Crippen LogP contribution in [0, 0.1) is 31.6 Å². The summed E-state index contributed by atoms with van der Waals surface area (Å²) in [4.78, 5) is 62.0. The third kappa shape index (κ3) is 17.7. The Morgan fingerprint density at radius 3 is 1.39 bits per heavy atom. The number of carbonyl (C=O) groups excluding carboxylic acids is 4. The molecule has 6 aliphatic rings. The van der Waals surface area contributed by atoms with Crippen molar-refractivity contribution in [1.29, 1.82) is 0 Å². The summed E-state index contributed by atoms with van der Waals surface area (Å²) in [6, 6.07) is 19.2. The number of fused-ring (bicyclic) bond motifs is 3. The second-order valence-electron chi connectivity index (χ2n) is 29.0. The van der Waals surface area contributed by atoms with Crippen LogP contribution >= 0.6 is 11.3 Å². The highest BCUT2D eigenvalue weighted by atomic mass is 32.1. The predicted octanol–water partition coefficient (Wildman–Crippen LogP) is 9.83. The number of aryl methyl sites for hydroxylation is 6. The van der Waals surface area contributed by atoms with E-state index < -0.39 is 17.7 Å². The maximum Gasteiger partial charge on any atom is 0.395 e. The number of thiazole rings is 1. The van der Waals surface area contributed by atoms with Gasteiger partial charge in [-0.05, 0) is 165 Å². The maximum atomic E-state index is 13.2. The number of likely N-dealkylation sites (tertiary alicyclic amines) is 3. The van der Waals surface area contributed by atoms with E-state index in [0.29, 0.717) is 48.3 Å². The van der Waals surface area contributed by atoms with E-state index in [1.165, 1.54) is 48.9 Å². The highest BCUT2D eigenvalue weighted by Gasteiger charge is 2.43. The lowest BCUT2D eigenvalue weighted by Crippen LogP contribution is -2.63. The normalized spacial score (nSPS) is 23.0. The van der Waals surface area contributed by atoms with Crippen molar-refractivity contribution in [2.45, 2.75) is 186 Å². The van der Waals surface area contributed by atoms with Gasteiger partial charge in [0.05, 0.1) is 82.6 Å². The Bertz CT molecular complexity index is 3920. The molecule has 26 heteroatoms. The zero-order chi connectivity index (χ0) is 70.4. The first-order valence-corrected chi connectivity index (χ1v) is 36.7. The average molecular weight is 1390 g/mol. The van der Waals surface area contributed by atoms with Gasteiger partial charge < -0.3 is 41.7 Å². The molecule has 0 bridgehead atoms. The number of nitrogens with zero attached hydrogens (tertiary/aromatic N) is 10. The van der Waals surface area contributed by atoms with E-state index in [0.717, 1.165) is 152 Å². The lowest BCUT2D eigenvalue weighted by atomic mass is 9.78. The first kappa shape index (κ1) is 72.8. The standard InChI is InChI=1S/C27H35F3N6O2S.C23H33N5O3.C23H35N5O/c1-4-24-31-12-22(39-24)26(38)9-7-19(8-10-26)36-14-18(15-36)33-23(37)13-32-25-20-11-17(16(2)27(28,29)30)5-6-21(20)35(3)34-25;1-4-31-23(30)16-6-8-18(9-7-16)28-13-17(14-28)25-21(29)12-24-22-19-11-15(2)5-10-20(19)27(3)26-22;1-15(2)17-6-8-19(9-7-17)28-13-18(14-28)25-22(29)12-24-23-20-11-16(3)5-10-21(20)27(4)26-23/h5-6,11-12,16,18-19,38H,4,7-10,13-15H2,1-3H3,(H,32,34)(H,33,37);5,10-11,16-18H,4,6-9,12-14H2,1-3H3,(H,24,26)(H,25,29);5,10-11,15,17-19H,6-9,12-14H2,1-4H3,(H,24,26)(H,25,29). The van der Waals surface area contributed by atoms with Crippen molar-refractivity contribution in [1.82, 2.24) is 65.0 Å². The molecule has 6 fully saturated rings. The first-order chi connectivity index (χ1) is 47.3. The molecule has 7 heterocycles. The number of hydrogen-bond acceptors (Lipinski definition) is 17. The minimum atomic E-state index is -4.33. The molecular formula is C73H103F3N16O6S. The number of hydrogen-bond donors (Lipinski definition) is 7. The van der Waals surface area contributed by atoms with Gasteiger partial charge in [0, 0.05) is 101 Å². The molecule has 1 atom stereocenters. The predicted molar refractivity (Wildman–Crippen MR) is 383 cm³/mol. The number of esters is 1. The molecule has 538 valence electrons. The van der Waals surface area contributed by atoms with Crippen molar-refractivity contribution < 1.29 is 42.2 Å². The van der Waals surface area contributed by atoms with Crippen molar-refractivity contribution in [2.75, 3.05) is 81.5 Å². The summed E-state index contributed by atoms with van der Waals surface area (Å²) in [6.07, 6.45) is 10.8. The fourth-order valence-electron chi connectivity index (χ4n) is 15.4. The van der Waals surface area contributed by atoms with E-state index in [2.05, 4.69) is 132 Å². The molecule has 3 saturated carbocycles. The lowest BCUT2D eigenvalue weighted by Gasteiger charge is -2.48. The number of rotatable bonds is 21. The maximum absolute atomic E-state index is 13.2. The van der Waals surface area contributed by atoms with E-state index >= 15 is 0 Å². The second-order valence-corrected chi connectivity index (χ2v) is 30.1. The number of benzene rings is 3. The molecule has 3 aliphatic heterocycles. The molecule has 3 amide bonds. The van der Waals surface area contributed by atoms with Gasteiger partial charge in [0.2, 0.25) is 17.7 Å². The Balaban J connectivity index is 0.000000152. The number of nitrogens with one attached hydrogen (secondary N) is 6. The van der Waals surface area contributed by atoms with Crippen molar-refractivity contribution in [2.24, 2.45) is 38.9 Å². The monoisotopic (exact) mass is 1390 g/mol. The van der Waals surface area contributed by atoms with Crippen LogP contribution in [0.2, 0.25) is 0 Å². The minimum absolute atomic E-state index is 0.0119. The quantitative estimate of drug-likeness (QED) is 0.0331. The number of aliphatic hydroxyl groups is 1. The molecule has 4 aromatic heterocycles. The highest BCUT2D eigenvalue weighted by Crippen LogP contribution is 2.43. The lowest BCUT2D eigenvalue weighted by molar-refractivity contribution is -0.150. The summed E-state index contributed by atoms with van der Waals surface area (Å²) in [5.74, 6) is 1.88. The topological polar surface area (TPSA) is 246 Å². The summed E-state index contributed by atoms with van der Waals surface area (Å²) in [7, 11) is 5.56. The molecule has 0 spiro atoms. The molecule has 99 heavy (non-hydrogen) atoms. The first-order valence-electron chi connectivity index (χ1n) is 35.9. The van der Waals surface area contributed by atoms with Gasteiger partial charge in [-0.2, -0.15) is 28.5 Å². The SMILES string of the molecule is CCOC(=O)C1CCC(N2CC(NC(=O)CNc3nn(C)c4ccc(C)cc34)C2)CC1.CCc1ncc(C2(O)CCC(N3CC(NC(=O)CNc4nn(C)c5ccc(C(C)C(F)(F)F)cc45)C3)CC2)s1.Cc1ccc2c(c1)c(NCC(=O)NC1CN(C3CCC(C(C)C)CC3)C1)nn2C. The molecule has 0 radical (unpaired) electrons. The van der Waals surface area contributed by atoms with Gasteiger partial charge in [0.1, 0.15) is 5.60 Å². The van der Waals surface area contributed by atoms with Crippen molar-refractivity contribution in [3.05, 3.63) is 87.4 Å². The Morgan fingerprint density at radius 1 is 0.596 bits per heavy atom. The number of amides is 3. The molecule has 3 aliphatic carbocycles. The van der Waals surface area contributed by atoms with Crippen LogP contribution in [0.25, 0.3) is 32.7 Å². The smallest absolute Gasteiger partial charge is 0.395 e. The summed E-state index contributed by atoms with van der Waals surface area (Å²) >= 11 is 1.60. The number of alkyl halides is 3. The molecule has 3 aromatic carbocycles. The second kappa shape index (κ2) is 31.7. The van der Waals surface area contributed by atoms with Crippen LogP contribution in [-0.4, -0.2) is 186 Å². The van der Waals surface area contributed by atoms with Gasteiger partial charge in [-0.1, -0.05) is 50.1 Å². The molecule has 7 aromatic rings. The molecule has 7 N–H and O–H groups in total. The van der Waals surface area contributed by atoms with Crippen LogP contribution in [-0.2, 0) is 57.1 Å². The summed E-state index contributed by atoms with van der Waals surface area (Å²) in [6.45, 7) is 20.1.